The Balaban J connectivity index is 0. The summed E-state index contributed by atoms with van der Waals surface area (Å²) in [6.07, 6.45) is 8.26. The van der Waals surface area contributed by atoms with Crippen LogP contribution in [0.3, 0.4) is 0 Å². The smallest absolute Gasteiger partial charge is 1.00 e. The van der Waals surface area contributed by atoms with Crippen LogP contribution in [0.5, 0.6) is 0 Å². The zero-order valence-corrected chi connectivity index (χ0v) is 18.3. The van der Waals surface area contributed by atoms with Gasteiger partial charge in [0.2, 0.25) is 0 Å². The molecule has 1 aromatic rings. The van der Waals surface area contributed by atoms with E-state index in [2.05, 4.69) is 51.1 Å². The third kappa shape index (κ3) is 8.19. The van der Waals surface area contributed by atoms with Crippen LogP contribution in [0.25, 0.3) is 0 Å². The second kappa shape index (κ2) is 14.3. The fraction of sp³-hybridized carbons (Fsp3) is 0.667. The first-order chi connectivity index (χ1) is 9.29. The molecule has 0 N–H and O–H groups in total. The number of unbranched alkanes of at least 4 members (excludes halogenated alkanes) is 3. The topological polar surface area (TPSA) is 0 Å². The molecule has 3 heteroatoms. The molecule has 1 aromatic carbocycles. The summed E-state index contributed by atoms with van der Waals surface area (Å²) in [7, 11) is -1.25. The molecule has 0 aliphatic carbocycles. The number of hydrogen-bond donors (Lipinski definition) is 0. The molecule has 0 unspecified atom stereocenters. The molecule has 0 fully saturated rings. The average Bonchev–Trinajstić information content (AvgIpc) is 2.48. The van der Waals surface area contributed by atoms with Crippen LogP contribution < -0.4 is 22.2 Å². The molecule has 0 heterocycles. The molecule has 0 aliphatic rings. The molecule has 0 spiro atoms. The van der Waals surface area contributed by atoms with E-state index in [-0.39, 0.29) is 40.0 Å². The quantitative estimate of drug-likeness (QED) is 0.432. The molecule has 0 saturated carbocycles. The van der Waals surface area contributed by atoms with Gasteiger partial charge in [-0.15, -0.1) is 0 Å². The van der Waals surface area contributed by atoms with Crippen molar-refractivity contribution in [2.45, 2.75) is 77.4 Å². The predicted molar refractivity (Wildman–Crippen MR) is 95.6 cm³/mol. The van der Waals surface area contributed by atoms with Crippen molar-refractivity contribution in [1.82, 2.24) is 0 Å². The van der Waals surface area contributed by atoms with Crippen molar-refractivity contribution in [2.24, 2.45) is 0 Å². The summed E-state index contributed by atoms with van der Waals surface area (Å²) in [4.78, 5) is 0. The molecular formula is C18H31BrMgSi. The van der Waals surface area contributed by atoms with Crippen molar-refractivity contribution in [3.63, 3.8) is 0 Å². The van der Waals surface area contributed by atoms with Gasteiger partial charge in [-0.1, -0.05) is 77.4 Å². The summed E-state index contributed by atoms with van der Waals surface area (Å²) in [6.45, 7) is 6.99. The summed E-state index contributed by atoms with van der Waals surface area (Å²) < 4.78 is 0. The van der Waals surface area contributed by atoms with Crippen LogP contribution >= 0.6 is 0 Å². The van der Waals surface area contributed by atoms with E-state index >= 15 is 0 Å². The van der Waals surface area contributed by atoms with Gasteiger partial charge in [-0.3, -0.25) is 0 Å². The molecule has 0 aromatic heterocycles. The third-order valence-corrected chi connectivity index (χ3v) is 9.85. The van der Waals surface area contributed by atoms with Gasteiger partial charge < -0.3 is 17.0 Å². The predicted octanol–water partition coefficient (Wildman–Crippen LogP) is 2.17. The SMILES string of the molecule is CCCC[Si](CCCC)(CCCC)c1cc[c-]cc1.[Br-].[Mg+2]. The van der Waals surface area contributed by atoms with E-state index < -0.39 is 8.07 Å². The third-order valence-electron chi connectivity index (χ3n) is 4.36. The van der Waals surface area contributed by atoms with E-state index in [0.29, 0.717) is 0 Å². The molecule has 0 atom stereocenters. The van der Waals surface area contributed by atoms with Gasteiger partial charge >= 0.3 is 23.1 Å². The largest absolute Gasteiger partial charge is 2.00 e. The van der Waals surface area contributed by atoms with Crippen molar-refractivity contribution in [1.29, 1.82) is 0 Å². The fourth-order valence-electron chi connectivity index (χ4n) is 3.09. The summed E-state index contributed by atoms with van der Waals surface area (Å²) in [5, 5.41) is 1.70. The average molecular weight is 380 g/mol. The van der Waals surface area contributed by atoms with Crippen LogP contribution in [0.1, 0.15) is 59.3 Å². The van der Waals surface area contributed by atoms with Gasteiger partial charge in [0.15, 0.2) is 0 Å². The maximum atomic E-state index is 3.20. The molecule has 21 heavy (non-hydrogen) atoms. The van der Waals surface area contributed by atoms with Gasteiger partial charge in [-0.2, -0.15) is 35.5 Å². The normalized spacial score (nSPS) is 10.6. The molecule has 0 amide bonds. The Bertz CT molecular complexity index is 307. The zero-order valence-electron chi connectivity index (χ0n) is 14.3. The van der Waals surface area contributed by atoms with Crippen molar-refractivity contribution in [3.05, 3.63) is 30.3 Å². The molecule has 0 saturated heterocycles. The van der Waals surface area contributed by atoms with Crippen molar-refractivity contribution < 1.29 is 17.0 Å². The van der Waals surface area contributed by atoms with Crippen LogP contribution in [0.15, 0.2) is 24.3 Å². The first-order valence-corrected chi connectivity index (χ1v) is 10.9. The van der Waals surface area contributed by atoms with Gasteiger partial charge in [0.25, 0.3) is 0 Å². The van der Waals surface area contributed by atoms with E-state index in [9.17, 15) is 0 Å². The van der Waals surface area contributed by atoms with E-state index in [1.165, 1.54) is 56.7 Å². The first kappa shape index (κ1) is 23.9. The molecule has 116 valence electrons. The fourth-order valence-corrected chi connectivity index (χ4v) is 8.67. The van der Waals surface area contributed by atoms with Crippen molar-refractivity contribution >= 4 is 36.3 Å². The Kier molecular flexibility index (Phi) is 16.3. The van der Waals surface area contributed by atoms with E-state index in [4.69, 9.17) is 0 Å². The van der Waals surface area contributed by atoms with Gasteiger partial charge in [0.1, 0.15) is 0 Å². The minimum atomic E-state index is -1.25. The molecule has 0 radical (unpaired) electrons. The van der Waals surface area contributed by atoms with Gasteiger partial charge in [-0.05, 0) is 0 Å². The summed E-state index contributed by atoms with van der Waals surface area (Å²) in [5.41, 5.74) is 0. The van der Waals surface area contributed by atoms with Gasteiger partial charge in [0, 0.05) is 0 Å². The maximum absolute atomic E-state index is 3.20. The number of hydrogen-bond acceptors (Lipinski definition) is 0. The van der Waals surface area contributed by atoms with Crippen LogP contribution in [0.2, 0.25) is 18.1 Å². The standard InChI is InChI=1S/C18H31Si.BrH.Mg/c1-4-7-15-19(16-8-5-2,17-9-6-3)18-13-11-10-12-14-18;;/h11-14H,4-9,15-17H2,1-3H3;1H;/q-1;;+2/p-1. The van der Waals surface area contributed by atoms with Gasteiger partial charge in [0.05, 0.1) is 8.07 Å². The molecule has 0 bridgehead atoms. The van der Waals surface area contributed by atoms with Crippen LogP contribution in [0, 0.1) is 6.07 Å². The minimum absolute atomic E-state index is 0. The first-order valence-electron chi connectivity index (χ1n) is 8.25. The summed E-state index contributed by atoms with van der Waals surface area (Å²) in [6, 6.07) is 16.7. The van der Waals surface area contributed by atoms with Crippen LogP contribution in [-0.4, -0.2) is 31.1 Å². The Labute approximate surface area is 160 Å². The number of benzene rings is 1. The second-order valence-electron chi connectivity index (χ2n) is 5.88. The zero-order chi connectivity index (χ0) is 14.0. The van der Waals surface area contributed by atoms with Crippen molar-refractivity contribution in [3.8, 4) is 0 Å². The monoisotopic (exact) mass is 378 g/mol. The number of halogens is 1. The minimum Gasteiger partial charge on any atom is -1.00 e. The molecule has 1 rings (SSSR count). The van der Waals surface area contributed by atoms with Crippen LogP contribution in [-0.2, 0) is 0 Å². The Morgan fingerprint density at radius 3 is 1.52 bits per heavy atom. The van der Waals surface area contributed by atoms with Gasteiger partial charge in [-0.25, -0.2) is 0 Å². The Morgan fingerprint density at radius 2 is 1.19 bits per heavy atom. The summed E-state index contributed by atoms with van der Waals surface area (Å²) >= 11 is 0. The molecular weight excluding hydrogens is 348 g/mol. The molecule has 0 aliphatic heterocycles. The summed E-state index contributed by atoms with van der Waals surface area (Å²) in [5.74, 6) is 0. The van der Waals surface area contributed by atoms with E-state index in [1.807, 2.05) is 0 Å². The number of rotatable bonds is 10. The molecule has 0 nitrogen and oxygen atoms in total. The van der Waals surface area contributed by atoms with E-state index in [0.717, 1.165) is 0 Å². The Hall–Kier alpha value is 0.683. The van der Waals surface area contributed by atoms with E-state index in [1.54, 1.807) is 5.19 Å². The second-order valence-corrected chi connectivity index (χ2v) is 10.5. The van der Waals surface area contributed by atoms with Crippen molar-refractivity contribution in [2.75, 3.05) is 0 Å². The van der Waals surface area contributed by atoms with Crippen LogP contribution in [0.4, 0.5) is 0 Å². The Morgan fingerprint density at radius 1 is 0.810 bits per heavy atom. The maximum Gasteiger partial charge on any atom is 2.00 e.